The maximum Gasteiger partial charge on any atom is 0.0705 e. The zero-order valence-corrected chi connectivity index (χ0v) is 11.1. The monoisotopic (exact) mass is 331 g/mol. The Labute approximate surface area is 103 Å². The second kappa shape index (κ2) is 4.04. The number of benzene rings is 1. The molecule has 2 N–H and O–H groups in total. The molecule has 0 amide bonds. The molecule has 1 aromatic carbocycles. The van der Waals surface area contributed by atoms with Crippen molar-refractivity contribution in [1.82, 2.24) is 0 Å². The lowest BCUT2D eigenvalue weighted by molar-refractivity contribution is 1.63. The summed E-state index contributed by atoms with van der Waals surface area (Å²) >= 11 is 8.57. The first-order valence-corrected chi connectivity index (χ1v) is 6.38. The number of rotatable bonds is 1. The van der Waals surface area contributed by atoms with Crippen LogP contribution in [-0.2, 0) is 0 Å². The Bertz CT molecular complexity index is 465. The van der Waals surface area contributed by atoms with Gasteiger partial charge in [0.15, 0.2) is 0 Å². The summed E-state index contributed by atoms with van der Waals surface area (Å²) in [7, 11) is 0. The van der Waals surface area contributed by atoms with Gasteiger partial charge in [-0.1, -0.05) is 6.07 Å². The molecule has 2 rings (SSSR count). The molecular formula is C10H7Br2NS. The topological polar surface area (TPSA) is 26.0 Å². The predicted octanol–water partition coefficient (Wildman–Crippen LogP) is 4.52. The Kier molecular flexibility index (Phi) is 2.95. The lowest BCUT2D eigenvalue weighted by atomic mass is 10.2. The molecule has 0 fully saturated rings. The van der Waals surface area contributed by atoms with Gasteiger partial charge in [-0.15, -0.1) is 11.3 Å². The molecule has 4 heteroatoms. The molecule has 72 valence electrons. The molecule has 0 saturated carbocycles. The molecule has 1 nitrogen and oxygen atoms in total. The van der Waals surface area contributed by atoms with Gasteiger partial charge in [-0.3, -0.25) is 0 Å². The number of thiophene rings is 1. The normalized spacial score (nSPS) is 10.4. The van der Waals surface area contributed by atoms with Gasteiger partial charge in [0.2, 0.25) is 0 Å². The van der Waals surface area contributed by atoms with Gasteiger partial charge in [0.1, 0.15) is 0 Å². The summed E-state index contributed by atoms with van der Waals surface area (Å²) in [5.41, 5.74) is 7.67. The molecule has 0 aliphatic rings. The molecule has 0 aliphatic carbocycles. The van der Waals surface area contributed by atoms with Crippen molar-refractivity contribution < 1.29 is 0 Å². The number of halogens is 2. The number of hydrogen-bond donors (Lipinski definition) is 1. The largest absolute Gasteiger partial charge is 0.398 e. The Morgan fingerprint density at radius 2 is 1.86 bits per heavy atom. The number of nitrogens with two attached hydrogens (primary N) is 1. The van der Waals surface area contributed by atoms with E-state index in [-0.39, 0.29) is 0 Å². The average Bonchev–Trinajstić information content (AvgIpc) is 2.57. The van der Waals surface area contributed by atoms with E-state index in [9.17, 15) is 0 Å². The van der Waals surface area contributed by atoms with Gasteiger partial charge in [0.25, 0.3) is 0 Å². The second-order valence-corrected chi connectivity index (χ2v) is 6.16. The van der Waals surface area contributed by atoms with E-state index < -0.39 is 0 Å². The van der Waals surface area contributed by atoms with Crippen molar-refractivity contribution in [1.29, 1.82) is 0 Å². The molecule has 2 aromatic rings. The Morgan fingerprint density at radius 3 is 2.43 bits per heavy atom. The van der Waals surface area contributed by atoms with Crippen molar-refractivity contribution in [2.75, 3.05) is 5.73 Å². The minimum atomic E-state index is 0.768. The predicted molar refractivity (Wildman–Crippen MR) is 69.6 cm³/mol. The van der Waals surface area contributed by atoms with Gasteiger partial charge in [0, 0.05) is 15.0 Å². The van der Waals surface area contributed by atoms with Crippen molar-refractivity contribution in [3.05, 3.63) is 38.6 Å². The van der Waals surface area contributed by atoms with E-state index in [4.69, 9.17) is 5.73 Å². The van der Waals surface area contributed by atoms with E-state index in [2.05, 4.69) is 37.9 Å². The fourth-order valence-corrected chi connectivity index (χ4v) is 2.91. The van der Waals surface area contributed by atoms with E-state index in [1.807, 2.05) is 24.3 Å². The van der Waals surface area contributed by atoms with E-state index in [0.717, 1.165) is 13.9 Å². The van der Waals surface area contributed by atoms with Crippen molar-refractivity contribution in [3.63, 3.8) is 0 Å². The molecule has 0 spiro atoms. The lowest BCUT2D eigenvalue weighted by Crippen LogP contribution is -1.85. The number of anilines is 1. The van der Waals surface area contributed by atoms with Crippen LogP contribution in [-0.4, -0.2) is 0 Å². The van der Waals surface area contributed by atoms with Crippen molar-refractivity contribution in [2.45, 2.75) is 0 Å². The minimum Gasteiger partial charge on any atom is -0.398 e. The van der Waals surface area contributed by atoms with Gasteiger partial charge in [-0.25, -0.2) is 0 Å². The Balaban J connectivity index is 2.47. The molecule has 0 aliphatic heterocycles. The van der Waals surface area contributed by atoms with Gasteiger partial charge < -0.3 is 5.73 Å². The zero-order valence-electron chi connectivity index (χ0n) is 7.13. The first kappa shape index (κ1) is 10.2. The molecule has 0 bridgehead atoms. The van der Waals surface area contributed by atoms with Gasteiger partial charge in [-0.05, 0) is 61.7 Å². The number of nitrogen functional groups attached to an aromatic ring is 1. The third-order valence-corrected chi connectivity index (χ3v) is 4.22. The van der Waals surface area contributed by atoms with Crippen molar-refractivity contribution in [2.24, 2.45) is 0 Å². The van der Waals surface area contributed by atoms with Crippen LogP contribution in [0, 0.1) is 0 Å². The summed E-state index contributed by atoms with van der Waals surface area (Å²) in [6.45, 7) is 0. The summed E-state index contributed by atoms with van der Waals surface area (Å²) in [5, 5.41) is 0. The highest BCUT2D eigenvalue weighted by atomic mass is 79.9. The van der Waals surface area contributed by atoms with Crippen LogP contribution in [0.2, 0.25) is 0 Å². The zero-order chi connectivity index (χ0) is 10.1. The smallest absolute Gasteiger partial charge is 0.0705 e. The minimum absolute atomic E-state index is 0.768. The fraction of sp³-hybridized carbons (Fsp3) is 0. The van der Waals surface area contributed by atoms with Crippen LogP contribution in [0.15, 0.2) is 38.6 Å². The summed E-state index contributed by atoms with van der Waals surface area (Å²) in [6.07, 6.45) is 0. The van der Waals surface area contributed by atoms with Crippen LogP contribution < -0.4 is 5.73 Å². The van der Waals surface area contributed by atoms with E-state index in [1.165, 1.54) is 10.4 Å². The lowest BCUT2D eigenvalue weighted by Gasteiger charge is -2.01. The van der Waals surface area contributed by atoms with Crippen LogP contribution in [0.5, 0.6) is 0 Å². The van der Waals surface area contributed by atoms with E-state index >= 15 is 0 Å². The third-order valence-electron chi connectivity index (χ3n) is 1.86. The van der Waals surface area contributed by atoms with Crippen LogP contribution >= 0.6 is 43.2 Å². The highest BCUT2D eigenvalue weighted by Gasteiger charge is 2.03. The highest BCUT2D eigenvalue weighted by molar-refractivity contribution is 9.11. The van der Waals surface area contributed by atoms with Crippen LogP contribution in [0.4, 0.5) is 5.69 Å². The quantitative estimate of drug-likeness (QED) is 0.763. The molecule has 1 heterocycles. The molecule has 0 atom stereocenters. The summed E-state index contributed by atoms with van der Waals surface area (Å²) in [5.74, 6) is 0. The molecule has 1 aromatic heterocycles. The Morgan fingerprint density at radius 1 is 1.07 bits per heavy atom. The van der Waals surface area contributed by atoms with E-state index in [1.54, 1.807) is 11.3 Å². The van der Waals surface area contributed by atoms with Gasteiger partial charge in [-0.2, -0.15) is 0 Å². The number of hydrogen-bond acceptors (Lipinski definition) is 2. The molecule has 0 unspecified atom stereocenters. The first-order valence-electron chi connectivity index (χ1n) is 3.97. The SMILES string of the molecule is Nc1ccc(-c2ccc(Br)s2)cc1Br. The van der Waals surface area contributed by atoms with Crippen LogP contribution in [0.3, 0.4) is 0 Å². The standard InChI is InChI=1S/C10H7Br2NS/c11-7-5-6(1-2-8(7)13)9-3-4-10(12)14-9/h1-5H,13H2. The van der Waals surface area contributed by atoms with Gasteiger partial charge in [0.05, 0.1) is 3.79 Å². The summed E-state index contributed by atoms with van der Waals surface area (Å²) < 4.78 is 2.08. The first-order chi connectivity index (χ1) is 6.66. The third kappa shape index (κ3) is 2.02. The van der Waals surface area contributed by atoms with Gasteiger partial charge >= 0.3 is 0 Å². The highest BCUT2D eigenvalue weighted by Crippen LogP contribution is 2.33. The average molecular weight is 333 g/mol. The second-order valence-electron chi connectivity index (χ2n) is 2.84. The molecular weight excluding hydrogens is 326 g/mol. The summed E-state index contributed by atoms with van der Waals surface area (Å²) in [4.78, 5) is 1.23. The molecule has 0 saturated heterocycles. The van der Waals surface area contributed by atoms with Crippen molar-refractivity contribution in [3.8, 4) is 10.4 Å². The van der Waals surface area contributed by atoms with E-state index in [0.29, 0.717) is 0 Å². The maximum absolute atomic E-state index is 5.72. The Hall–Kier alpha value is -0.320. The summed E-state index contributed by atoms with van der Waals surface area (Å²) in [6, 6.07) is 10.1. The van der Waals surface area contributed by atoms with Crippen molar-refractivity contribution >= 4 is 48.9 Å². The van der Waals surface area contributed by atoms with Crippen LogP contribution in [0.1, 0.15) is 0 Å². The van der Waals surface area contributed by atoms with Crippen LogP contribution in [0.25, 0.3) is 10.4 Å². The maximum atomic E-state index is 5.72. The molecule has 14 heavy (non-hydrogen) atoms. The molecule has 0 radical (unpaired) electrons. The fourth-order valence-electron chi connectivity index (χ4n) is 1.15.